The maximum atomic E-state index is 13.2. The molecule has 1 aromatic heterocycles. The van der Waals surface area contributed by atoms with Crippen molar-refractivity contribution in [3.8, 4) is 0 Å². The normalized spacial score (nSPS) is 17.6. The number of benzene rings is 1. The Labute approximate surface area is 150 Å². The van der Waals surface area contributed by atoms with Crippen molar-refractivity contribution in [2.45, 2.75) is 31.8 Å². The maximum absolute atomic E-state index is 13.2. The van der Waals surface area contributed by atoms with E-state index in [1.54, 1.807) is 11.3 Å². The van der Waals surface area contributed by atoms with Crippen LogP contribution in [0.3, 0.4) is 0 Å². The number of thiophene rings is 1. The Morgan fingerprint density at radius 3 is 2.71 bits per heavy atom. The number of nitrogens with one attached hydrogen (secondary N) is 1. The molecule has 0 saturated carbocycles. The zero-order valence-electron chi connectivity index (χ0n) is 13.5. The fourth-order valence-corrected chi connectivity index (χ4v) is 4.48. The van der Waals surface area contributed by atoms with Crippen LogP contribution < -0.4 is 5.32 Å². The van der Waals surface area contributed by atoms with Crippen LogP contribution in [0.4, 0.5) is 4.39 Å². The number of likely N-dealkylation sites (tertiary alicyclic amines) is 1. The smallest absolute Gasteiger partial charge is 0.253 e. The molecule has 1 amide bonds. The Morgan fingerprint density at radius 1 is 1.33 bits per heavy atom. The molecule has 2 heterocycles. The molecule has 0 unspecified atom stereocenters. The average molecular weight is 367 g/mol. The number of rotatable bonds is 5. The van der Waals surface area contributed by atoms with E-state index in [4.69, 9.17) is 11.6 Å². The first kappa shape index (κ1) is 17.4. The largest absolute Gasteiger partial charge is 0.348 e. The lowest BCUT2D eigenvalue weighted by atomic mass is 10.1. The van der Waals surface area contributed by atoms with E-state index in [-0.39, 0.29) is 23.0 Å². The number of hydrogen-bond acceptors (Lipinski definition) is 3. The molecule has 2 aromatic rings. The van der Waals surface area contributed by atoms with Gasteiger partial charge in [0.05, 0.1) is 16.6 Å². The summed E-state index contributed by atoms with van der Waals surface area (Å²) in [5.41, 5.74) is 0.302. The third kappa shape index (κ3) is 3.79. The predicted octanol–water partition coefficient (Wildman–Crippen LogP) is 4.50. The second-order valence-electron chi connectivity index (χ2n) is 6.09. The molecular weight excluding hydrogens is 347 g/mol. The van der Waals surface area contributed by atoms with Crippen LogP contribution in [-0.2, 0) is 0 Å². The molecule has 0 radical (unpaired) electrons. The van der Waals surface area contributed by atoms with Crippen LogP contribution in [0.5, 0.6) is 0 Å². The van der Waals surface area contributed by atoms with E-state index < -0.39 is 5.82 Å². The van der Waals surface area contributed by atoms with Crippen molar-refractivity contribution >= 4 is 28.8 Å². The minimum absolute atomic E-state index is 0.0737. The highest BCUT2D eigenvalue weighted by Gasteiger charge is 2.30. The molecule has 1 N–H and O–H groups in total. The Hall–Kier alpha value is -1.43. The quantitative estimate of drug-likeness (QED) is 0.845. The van der Waals surface area contributed by atoms with Gasteiger partial charge < -0.3 is 5.32 Å². The number of carbonyl (C=O) groups is 1. The molecule has 0 bridgehead atoms. The summed E-state index contributed by atoms with van der Waals surface area (Å²) in [4.78, 5) is 16.2. The van der Waals surface area contributed by atoms with E-state index in [1.807, 2.05) is 13.0 Å². The van der Waals surface area contributed by atoms with Gasteiger partial charge in [-0.15, -0.1) is 11.3 Å². The molecular formula is C18H20ClFN2OS. The van der Waals surface area contributed by atoms with E-state index in [1.165, 1.54) is 35.9 Å². The molecule has 1 aliphatic heterocycles. The number of amides is 1. The Balaban J connectivity index is 1.77. The molecule has 24 heavy (non-hydrogen) atoms. The fraction of sp³-hybridized carbons (Fsp3) is 0.389. The molecule has 1 aliphatic rings. The lowest BCUT2D eigenvalue weighted by Crippen LogP contribution is -2.43. The minimum atomic E-state index is -0.446. The van der Waals surface area contributed by atoms with Gasteiger partial charge in [0.25, 0.3) is 5.91 Å². The van der Waals surface area contributed by atoms with E-state index in [9.17, 15) is 9.18 Å². The van der Waals surface area contributed by atoms with Crippen molar-refractivity contribution in [1.82, 2.24) is 10.2 Å². The van der Waals surface area contributed by atoms with Crippen molar-refractivity contribution in [3.05, 3.63) is 57.0 Å². The summed E-state index contributed by atoms with van der Waals surface area (Å²) in [5.74, 6) is -0.716. The van der Waals surface area contributed by atoms with Gasteiger partial charge in [-0.3, -0.25) is 9.69 Å². The maximum Gasteiger partial charge on any atom is 0.253 e. The summed E-state index contributed by atoms with van der Waals surface area (Å²) >= 11 is 7.71. The van der Waals surface area contributed by atoms with Gasteiger partial charge in [0.15, 0.2) is 0 Å². The fourth-order valence-electron chi connectivity index (χ4n) is 3.26. The lowest BCUT2D eigenvalue weighted by molar-refractivity contribution is 0.0908. The van der Waals surface area contributed by atoms with Crippen LogP contribution in [0.1, 0.15) is 41.0 Å². The number of carbonyl (C=O) groups excluding carboxylic acids is 1. The highest BCUT2D eigenvalue weighted by molar-refractivity contribution is 7.10. The van der Waals surface area contributed by atoms with Gasteiger partial charge in [-0.25, -0.2) is 4.39 Å². The second-order valence-corrected chi connectivity index (χ2v) is 7.48. The third-order valence-electron chi connectivity index (χ3n) is 4.38. The molecule has 3 rings (SSSR count). The SMILES string of the molecule is C[C@H](NC(=O)c1ccc(F)cc1Cl)[C@H](c1cccs1)N1CCCC1. The molecule has 6 heteroatoms. The van der Waals surface area contributed by atoms with Crippen LogP contribution in [0.2, 0.25) is 5.02 Å². The summed E-state index contributed by atoms with van der Waals surface area (Å²) in [6.45, 7) is 4.10. The van der Waals surface area contributed by atoms with Gasteiger partial charge in [0.2, 0.25) is 0 Å². The van der Waals surface area contributed by atoms with Crippen molar-refractivity contribution < 1.29 is 9.18 Å². The summed E-state index contributed by atoms with van der Waals surface area (Å²) in [7, 11) is 0. The molecule has 1 fully saturated rings. The molecule has 128 valence electrons. The summed E-state index contributed by atoms with van der Waals surface area (Å²) in [6.07, 6.45) is 2.37. The molecule has 3 nitrogen and oxygen atoms in total. The first-order valence-electron chi connectivity index (χ1n) is 8.09. The van der Waals surface area contributed by atoms with Crippen LogP contribution >= 0.6 is 22.9 Å². The van der Waals surface area contributed by atoms with Gasteiger partial charge in [-0.2, -0.15) is 0 Å². The standard InChI is InChI=1S/C18H20ClFN2OS/c1-12(21-18(23)14-7-6-13(20)11-15(14)19)17(16-5-4-10-24-16)22-8-2-3-9-22/h4-7,10-12,17H,2-3,8-9H2,1H3,(H,21,23)/t12-,17+/m0/s1. The Kier molecular flexibility index (Phi) is 5.54. The number of nitrogens with zero attached hydrogens (tertiary/aromatic N) is 1. The first-order chi connectivity index (χ1) is 11.6. The molecule has 0 spiro atoms. The van der Waals surface area contributed by atoms with Crippen molar-refractivity contribution in [3.63, 3.8) is 0 Å². The van der Waals surface area contributed by atoms with Gasteiger partial charge in [-0.1, -0.05) is 17.7 Å². The van der Waals surface area contributed by atoms with Gasteiger partial charge in [0.1, 0.15) is 5.82 Å². The van der Waals surface area contributed by atoms with E-state index in [0.29, 0.717) is 5.56 Å². The van der Waals surface area contributed by atoms with E-state index in [2.05, 4.69) is 21.7 Å². The minimum Gasteiger partial charge on any atom is -0.348 e. The lowest BCUT2D eigenvalue weighted by Gasteiger charge is -2.32. The van der Waals surface area contributed by atoms with Gasteiger partial charge in [0, 0.05) is 10.9 Å². The van der Waals surface area contributed by atoms with E-state index >= 15 is 0 Å². The summed E-state index contributed by atoms with van der Waals surface area (Å²) < 4.78 is 13.2. The molecule has 1 aromatic carbocycles. The highest BCUT2D eigenvalue weighted by atomic mass is 35.5. The molecule has 2 atom stereocenters. The van der Waals surface area contributed by atoms with Crippen LogP contribution in [0.25, 0.3) is 0 Å². The first-order valence-corrected chi connectivity index (χ1v) is 9.35. The van der Waals surface area contributed by atoms with Crippen molar-refractivity contribution in [2.24, 2.45) is 0 Å². The van der Waals surface area contributed by atoms with Gasteiger partial charge in [-0.05, 0) is 62.5 Å². The molecule has 0 aliphatic carbocycles. The van der Waals surface area contributed by atoms with Gasteiger partial charge >= 0.3 is 0 Å². The van der Waals surface area contributed by atoms with Crippen LogP contribution in [0, 0.1) is 5.82 Å². The summed E-state index contributed by atoms with van der Waals surface area (Å²) in [5, 5.41) is 5.23. The zero-order chi connectivity index (χ0) is 17.1. The topological polar surface area (TPSA) is 32.3 Å². The Morgan fingerprint density at radius 2 is 2.08 bits per heavy atom. The second kappa shape index (κ2) is 7.64. The Bertz CT molecular complexity index is 701. The average Bonchev–Trinajstić information content (AvgIpc) is 3.21. The molecule has 1 saturated heterocycles. The highest BCUT2D eigenvalue weighted by Crippen LogP contribution is 2.31. The monoisotopic (exact) mass is 366 g/mol. The van der Waals surface area contributed by atoms with Crippen LogP contribution in [-0.4, -0.2) is 29.9 Å². The van der Waals surface area contributed by atoms with E-state index in [0.717, 1.165) is 13.1 Å². The van der Waals surface area contributed by atoms with Crippen LogP contribution in [0.15, 0.2) is 35.7 Å². The van der Waals surface area contributed by atoms with Crippen molar-refractivity contribution in [1.29, 1.82) is 0 Å². The summed E-state index contributed by atoms with van der Waals surface area (Å²) in [6, 6.07) is 8.07. The zero-order valence-corrected chi connectivity index (χ0v) is 15.0. The van der Waals surface area contributed by atoms with Crippen molar-refractivity contribution in [2.75, 3.05) is 13.1 Å². The predicted molar refractivity (Wildman–Crippen MR) is 96.2 cm³/mol. The number of hydrogen-bond donors (Lipinski definition) is 1. The third-order valence-corrected chi connectivity index (χ3v) is 5.63. The number of halogens is 2.